The number of para-hydroxylation sites is 2. The maximum atomic E-state index is 12.8. The highest BCUT2D eigenvalue weighted by Crippen LogP contribution is 2.32. The number of hydrogen-bond acceptors (Lipinski definition) is 4. The van der Waals surface area contributed by atoms with Gasteiger partial charge in [0.2, 0.25) is 0 Å². The van der Waals surface area contributed by atoms with Crippen molar-refractivity contribution in [2.24, 2.45) is 0 Å². The highest BCUT2D eigenvalue weighted by molar-refractivity contribution is 5.93. The van der Waals surface area contributed by atoms with Gasteiger partial charge in [0.25, 0.3) is 5.91 Å². The minimum absolute atomic E-state index is 0.0513. The van der Waals surface area contributed by atoms with Gasteiger partial charge < -0.3 is 15.4 Å². The van der Waals surface area contributed by atoms with E-state index in [4.69, 9.17) is 14.9 Å². The quantitative estimate of drug-likeness (QED) is 0.352. The van der Waals surface area contributed by atoms with Gasteiger partial charge in [-0.15, -0.1) is 0 Å². The van der Waals surface area contributed by atoms with Crippen molar-refractivity contribution in [3.63, 3.8) is 0 Å². The van der Waals surface area contributed by atoms with Gasteiger partial charge in [-0.3, -0.25) is 9.48 Å². The number of aromatic nitrogens is 4. The number of H-pyrrole nitrogens is 1. The number of carbonyl (C=O) groups excluding carboxylic acids is 1. The van der Waals surface area contributed by atoms with Gasteiger partial charge in [0, 0.05) is 18.2 Å². The van der Waals surface area contributed by atoms with Crippen LogP contribution in [0.15, 0.2) is 67.0 Å². The molecule has 1 aliphatic rings. The summed E-state index contributed by atoms with van der Waals surface area (Å²) in [6.45, 7) is 0.658. The number of carbonyl (C=O) groups is 2. The first-order chi connectivity index (χ1) is 17.7. The molecule has 2 atom stereocenters. The van der Waals surface area contributed by atoms with E-state index in [9.17, 15) is 18.0 Å². The number of alkyl halides is 3. The van der Waals surface area contributed by atoms with Crippen LogP contribution in [0.4, 0.5) is 13.2 Å². The maximum absolute atomic E-state index is 12.8. The molecular weight excluding hydrogens is 487 g/mol. The van der Waals surface area contributed by atoms with E-state index in [0.717, 1.165) is 48.1 Å². The molecule has 0 radical (unpaired) electrons. The third-order valence-corrected chi connectivity index (χ3v) is 6.13. The summed E-state index contributed by atoms with van der Waals surface area (Å²) < 4.78 is 33.5. The Hall–Kier alpha value is -4.15. The number of fused-ring (bicyclic) bond motifs is 1. The lowest BCUT2D eigenvalue weighted by molar-refractivity contribution is -0.192. The fourth-order valence-electron chi connectivity index (χ4n) is 4.34. The first-order valence-corrected chi connectivity index (χ1v) is 11.8. The Morgan fingerprint density at radius 3 is 2.49 bits per heavy atom. The highest BCUT2D eigenvalue weighted by atomic mass is 19.4. The molecule has 3 N–H and O–H groups in total. The summed E-state index contributed by atoms with van der Waals surface area (Å²) in [5.74, 6) is -1.43. The zero-order chi connectivity index (χ0) is 26.4. The zero-order valence-corrected chi connectivity index (χ0v) is 19.8. The monoisotopic (exact) mass is 513 g/mol. The van der Waals surface area contributed by atoms with Crippen molar-refractivity contribution in [1.82, 2.24) is 25.1 Å². The summed E-state index contributed by atoms with van der Waals surface area (Å²) in [4.78, 5) is 29.9. The summed E-state index contributed by atoms with van der Waals surface area (Å²) >= 11 is 0. The molecule has 0 bridgehead atoms. The predicted octanol–water partition coefficient (Wildman–Crippen LogP) is 4.90. The van der Waals surface area contributed by atoms with Gasteiger partial charge in [-0.2, -0.15) is 18.3 Å². The molecule has 8 nitrogen and oxygen atoms in total. The average Bonchev–Trinajstić information content (AvgIpc) is 3.52. The van der Waals surface area contributed by atoms with E-state index < -0.39 is 12.1 Å². The van der Waals surface area contributed by atoms with Crippen molar-refractivity contribution in [2.75, 3.05) is 0 Å². The first kappa shape index (κ1) is 25.9. The third kappa shape index (κ3) is 6.96. The molecule has 2 unspecified atom stereocenters. The molecule has 1 amide bonds. The molecule has 0 spiro atoms. The Bertz CT molecular complexity index is 1320. The molecular formula is C26H26F3N5O3. The summed E-state index contributed by atoms with van der Waals surface area (Å²) in [5, 5.41) is 14.7. The molecule has 5 rings (SSSR count). The van der Waals surface area contributed by atoms with E-state index >= 15 is 0 Å². The van der Waals surface area contributed by atoms with E-state index in [-0.39, 0.29) is 11.9 Å². The van der Waals surface area contributed by atoms with Crippen LogP contribution in [0.3, 0.4) is 0 Å². The molecule has 2 aromatic heterocycles. The van der Waals surface area contributed by atoms with Gasteiger partial charge in [-0.1, -0.05) is 48.9 Å². The van der Waals surface area contributed by atoms with Crippen LogP contribution >= 0.6 is 0 Å². The number of aliphatic carboxylic acids is 1. The number of halogens is 3. The number of amides is 1. The molecule has 194 valence electrons. The van der Waals surface area contributed by atoms with Gasteiger partial charge >= 0.3 is 12.1 Å². The summed E-state index contributed by atoms with van der Waals surface area (Å²) in [6, 6.07) is 18.4. The molecule has 2 heterocycles. The SMILES string of the molecule is O=C(NC1CCCC(c2nc3ccccc3[nH]2)C1)c1cnn(Cc2ccccc2)c1.O=C(O)C(F)(F)F. The van der Waals surface area contributed by atoms with Crippen LogP contribution in [0, 0.1) is 0 Å². The molecule has 2 aromatic carbocycles. The van der Waals surface area contributed by atoms with Crippen molar-refractivity contribution in [2.45, 2.75) is 50.4 Å². The molecule has 0 saturated heterocycles. The summed E-state index contributed by atoms with van der Waals surface area (Å²) in [6.07, 6.45) is 2.48. The minimum Gasteiger partial charge on any atom is -0.475 e. The first-order valence-electron chi connectivity index (χ1n) is 11.8. The third-order valence-electron chi connectivity index (χ3n) is 6.13. The Balaban J connectivity index is 0.000000405. The standard InChI is InChI=1S/C24H25N5O.C2HF3O2/c30-24(19-14-25-29(16-19)15-17-7-2-1-3-8-17)26-20-10-6-9-18(13-20)23-27-21-11-4-5-12-22(21)28-23;3-2(4,5)1(6)7/h1-5,7-8,11-12,14,16,18,20H,6,9-10,13,15H2,(H,26,30)(H,27,28);(H,6,7). The van der Waals surface area contributed by atoms with Crippen LogP contribution in [-0.2, 0) is 11.3 Å². The number of aromatic amines is 1. The van der Waals surface area contributed by atoms with Crippen LogP contribution < -0.4 is 5.32 Å². The minimum atomic E-state index is -5.08. The second-order valence-electron chi connectivity index (χ2n) is 8.89. The number of benzene rings is 2. The van der Waals surface area contributed by atoms with Crippen LogP contribution in [0.2, 0.25) is 0 Å². The maximum Gasteiger partial charge on any atom is 0.490 e. The normalized spacial score (nSPS) is 17.6. The number of rotatable bonds is 5. The molecule has 1 fully saturated rings. The number of nitrogens with one attached hydrogen (secondary N) is 2. The number of carboxylic acids is 1. The lowest BCUT2D eigenvalue weighted by Gasteiger charge is -2.28. The van der Waals surface area contributed by atoms with Crippen LogP contribution in [-0.4, -0.2) is 48.9 Å². The second-order valence-corrected chi connectivity index (χ2v) is 8.89. The Labute approximate surface area is 210 Å². The molecule has 11 heteroatoms. The number of carboxylic acid groups (broad SMARTS) is 1. The predicted molar refractivity (Wildman–Crippen MR) is 130 cm³/mol. The van der Waals surface area contributed by atoms with Crippen molar-refractivity contribution in [1.29, 1.82) is 0 Å². The topological polar surface area (TPSA) is 113 Å². The highest BCUT2D eigenvalue weighted by Gasteiger charge is 2.38. The van der Waals surface area contributed by atoms with Gasteiger partial charge in [0.1, 0.15) is 5.82 Å². The lowest BCUT2D eigenvalue weighted by atomic mass is 9.85. The molecule has 0 aliphatic heterocycles. The Morgan fingerprint density at radius 1 is 1.08 bits per heavy atom. The van der Waals surface area contributed by atoms with Crippen LogP contribution in [0.25, 0.3) is 11.0 Å². The summed E-state index contributed by atoms with van der Waals surface area (Å²) in [7, 11) is 0. The molecule has 37 heavy (non-hydrogen) atoms. The molecule has 4 aromatic rings. The van der Waals surface area contributed by atoms with Crippen molar-refractivity contribution >= 4 is 22.9 Å². The van der Waals surface area contributed by atoms with Gasteiger partial charge in [-0.25, -0.2) is 9.78 Å². The van der Waals surface area contributed by atoms with E-state index in [2.05, 4.69) is 33.6 Å². The van der Waals surface area contributed by atoms with E-state index in [0.29, 0.717) is 18.0 Å². The van der Waals surface area contributed by atoms with E-state index in [1.54, 1.807) is 6.20 Å². The number of imidazole rings is 1. The summed E-state index contributed by atoms with van der Waals surface area (Å²) in [5.41, 5.74) is 3.85. The molecule has 1 aliphatic carbocycles. The fraction of sp³-hybridized carbons (Fsp3) is 0.308. The fourth-order valence-corrected chi connectivity index (χ4v) is 4.34. The average molecular weight is 514 g/mol. The lowest BCUT2D eigenvalue weighted by Crippen LogP contribution is -2.38. The Morgan fingerprint density at radius 2 is 1.78 bits per heavy atom. The largest absolute Gasteiger partial charge is 0.490 e. The smallest absolute Gasteiger partial charge is 0.475 e. The second kappa shape index (κ2) is 11.3. The molecule has 1 saturated carbocycles. The van der Waals surface area contributed by atoms with Gasteiger partial charge in [-0.05, 0) is 37.0 Å². The van der Waals surface area contributed by atoms with Gasteiger partial charge in [0.15, 0.2) is 0 Å². The number of nitrogens with zero attached hydrogens (tertiary/aromatic N) is 3. The van der Waals surface area contributed by atoms with Crippen molar-refractivity contribution in [3.05, 3.63) is 83.9 Å². The van der Waals surface area contributed by atoms with E-state index in [1.165, 1.54) is 0 Å². The van der Waals surface area contributed by atoms with Crippen molar-refractivity contribution in [3.8, 4) is 0 Å². The van der Waals surface area contributed by atoms with Gasteiger partial charge in [0.05, 0.1) is 29.3 Å². The van der Waals surface area contributed by atoms with Crippen LogP contribution in [0.1, 0.15) is 53.3 Å². The van der Waals surface area contributed by atoms with Crippen LogP contribution in [0.5, 0.6) is 0 Å². The zero-order valence-electron chi connectivity index (χ0n) is 19.8. The van der Waals surface area contributed by atoms with Crippen molar-refractivity contribution < 1.29 is 27.9 Å². The van der Waals surface area contributed by atoms with E-state index in [1.807, 2.05) is 47.3 Å². The number of hydrogen-bond donors (Lipinski definition) is 3. The Kier molecular flexibility index (Phi) is 7.90.